The summed E-state index contributed by atoms with van der Waals surface area (Å²) in [5, 5.41) is 12.1. The van der Waals surface area contributed by atoms with Crippen molar-refractivity contribution >= 4 is 40.8 Å². The Kier molecular flexibility index (Phi) is 11.7. The van der Waals surface area contributed by atoms with E-state index >= 15 is 0 Å². The maximum absolute atomic E-state index is 13.1. The molecule has 2 N–H and O–H groups in total. The summed E-state index contributed by atoms with van der Waals surface area (Å²) >= 11 is 12.0. The number of hydrogen-bond acceptors (Lipinski definition) is 2. The third-order valence-corrected chi connectivity index (χ3v) is 5.38. The molecule has 0 bridgehead atoms. The van der Waals surface area contributed by atoms with Crippen LogP contribution in [0.5, 0.6) is 0 Å². The van der Waals surface area contributed by atoms with Crippen molar-refractivity contribution in [1.29, 1.82) is 0 Å². The van der Waals surface area contributed by atoms with Crippen LogP contribution in [0.2, 0.25) is 10.0 Å². The Morgan fingerprint density at radius 2 is 1.61 bits per heavy atom. The molecule has 0 saturated carbocycles. The topological polar surface area (TPSA) is 66.4 Å². The normalized spacial score (nSPS) is 12.8. The second-order valence-corrected chi connectivity index (χ2v) is 8.08. The third-order valence-electron chi connectivity index (χ3n) is 4.80. The van der Waals surface area contributed by atoms with Crippen molar-refractivity contribution in [1.82, 2.24) is 0 Å². The zero-order chi connectivity index (χ0) is 25.2. The van der Waals surface area contributed by atoms with Crippen LogP contribution >= 0.6 is 23.2 Å². The summed E-state index contributed by atoms with van der Waals surface area (Å²) in [6, 6.07) is 10.3. The molecular weight excluding hydrogens is 478 g/mol. The molecule has 0 saturated heterocycles. The highest BCUT2D eigenvalue weighted by Gasteiger charge is 2.36. The number of halogens is 5. The molecule has 2 rings (SSSR count). The van der Waals surface area contributed by atoms with Gasteiger partial charge in [-0.3, -0.25) is 9.59 Å². The van der Waals surface area contributed by atoms with Crippen LogP contribution in [-0.4, -0.2) is 23.2 Å². The Labute approximate surface area is 202 Å². The zero-order valence-electron chi connectivity index (χ0n) is 18.7. The van der Waals surface area contributed by atoms with Gasteiger partial charge >= 0.3 is 12.1 Å². The van der Waals surface area contributed by atoms with Crippen LogP contribution in [0.1, 0.15) is 69.4 Å². The van der Waals surface area contributed by atoms with Gasteiger partial charge in [-0.15, -0.1) is 0 Å². The number of carbonyl (C=O) groups is 2. The second-order valence-electron chi connectivity index (χ2n) is 7.24. The van der Waals surface area contributed by atoms with Crippen LogP contribution in [0.3, 0.4) is 0 Å². The average molecular weight is 506 g/mol. The summed E-state index contributed by atoms with van der Waals surface area (Å²) < 4.78 is 39.4. The zero-order valence-corrected chi connectivity index (χ0v) is 20.2. The van der Waals surface area contributed by atoms with Crippen molar-refractivity contribution in [2.75, 3.05) is 5.32 Å². The van der Waals surface area contributed by atoms with Gasteiger partial charge in [-0.25, -0.2) is 0 Å². The van der Waals surface area contributed by atoms with Gasteiger partial charge in [0.1, 0.15) is 0 Å². The Bertz CT molecular complexity index is 918. The van der Waals surface area contributed by atoms with E-state index in [9.17, 15) is 22.8 Å². The Hall–Kier alpha value is -2.25. The molecule has 1 unspecified atom stereocenters. The first kappa shape index (κ1) is 28.8. The lowest BCUT2D eigenvalue weighted by molar-refractivity contribution is -0.146. The van der Waals surface area contributed by atoms with E-state index in [0.29, 0.717) is 17.0 Å². The van der Waals surface area contributed by atoms with Gasteiger partial charge in [0.05, 0.1) is 29.5 Å². The summed E-state index contributed by atoms with van der Waals surface area (Å²) in [6.45, 7) is 5.92. The molecule has 0 aliphatic carbocycles. The molecule has 9 heteroatoms. The van der Waals surface area contributed by atoms with E-state index in [1.54, 1.807) is 6.07 Å². The summed E-state index contributed by atoms with van der Waals surface area (Å²) in [5.41, 5.74) is 0.945. The van der Waals surface area contributed by atoms with Crippen LogP contribution in [-0.2, 0) is 9.59 Å². The standard InChI is InChI=1S/C22H22Cl2F3NO3.C2H6/c1-2-3-14(11-20(29)30)15-6-9-18(24)19(10-15)28-21(31)17(12-22(25,26)27)13-4-7-16(23)8-5-13;1-2/h4-10,14,17H,2-3,11-12H2,1H3,(H,28,31)(H,29,30);1-2H3/t14?,17-;/m0./s1. The lowest BCUT2D eigenvalue weighted by Gasteiger charge is -2.21. The molecule has 182 valence electrons. The number of benzene rings is 2. The van der Waals surface area contributed by atoms with Crippen LogP contribution in [0.4, 0.5) is 18.9 Å². The Balaban J connectivity index is 0.00000265. The van der Waals surface area contributed by atoms with Crippen LogP contribution < -0.4 is 5.32 Å². The Morgan fingerprint density at radius 3 is 2.12 bits per heavy atom. The molecular formula is C24H28Cl2F3NO3. The SMILES string of the molecule is CC.CCCC(CC(=O)O)c1ccc(Cl)c(NC(=O)[C@@H](CC(F)(F)F)c2ccc(Cl)cc2)c1. The molecule has 0 radical (unpaired) electrons. The number of hydrogen-bond donors (Lipinski definition) is 2. The van der Waals surface area contributed by atoms with E-state index < -0.39 is 30.4 Å². The largest absolute Gasteiger partial charge is 0.481 e. The van der Waals surface area contributed by atoms with Gasteiger partial charge in [0.2, 0.25) is 5.91 Å². The van der Waals surface area contributed by atoms with Gasteiger partial charge < -0.3 is 10.4 Å². The maximum atomic E-state index is 13.1. The fourth-order valence-corrected chi connectivity index (χ4v) is 3.64. The number of carbonyl (C=O) groups excluding carboxylic acids is 1. The van der Waals surface area contributed by atoms with Gasteiger partial charge in [-0.05, 0) is 47.7 Å². The van der Waals surface area contributed by atoms with Gasteiger partial charge in [-0.1, -0.05) is 68.6 Å². The molecule has 0 aromatic heterocycles. The van der Waals surface area contributed by atoms with Crippen molar-refractivity contribution in [3.8, 4) is 0 Å². The summed E-state index contributed by atoms with van der Waals surface area (Å²) in [7, 11) is 0. The maximum Gasteiger partial charge on any atom is 0.390 e. The molecule has 0 aliphatic heterocycles. The quantitative estimate of drug-likeness (QED) is 0.362. The lowest BCUT2D eigenvalue weighted by atomic mass is 9.91. The van der Waals surface area contributed by atoms with Gasteiger partial charge in [0, 0.05) is 5.02 Å². The highest BCUT2D eigenvalue weighted by Crippen LogP contribution is 2.35. The predicted molar refractivity (Wildman–Crippen MR) is 126 cm³/mol. The number of nitrogens with one attached hydrogen (secondary N) is 1. The average Bonchev–Trinajstić information content (AvgIpc) is 2.74. The number of carboxylic acid groups (broad SMARTS) is 1. The van der Waals surface area contributed by atoms with Crippen molar-refractivity contribution in [2.45, 2.75) is 64.5 Å². The first-order valence-electron chi connectivity index (χ1n) is 10.6. The Morgan fingerprint density at radius 1 is 1.03 bits per heavy atom. The van der Waals surface area contributed by atoms with Gasteiger partial charge in [0.25, 0.3) is 0 Å². The predicted octanol–water partition coefficient (Wildman–Crippen LogP) is 8.05. The van der Waals surface area contributed by atoms with Crippen molar-refractivity contribution in [3.63, 3.8) is 0 Å². The van der Waals surface area contributed by atoms with E-state index in [2.05, 4.69) is 5.32 Å². The minimum absolute atomic E-state index is 0.107. The van der Waals surface area contributed by atoms with E-state index in [1.165, 1.54) is 36.4 Å². The van der Waals surface area contributed by atoms with Gasteiger partial charge in [-0.2, -0.15) is 13.2 Å². The summed E-state index contributed by atoms with van der Waals surface area (Å²) in [4.78, 5) is 24.0. The third kappa shape index (κ3) is 9.64. The van der Waals surface area contributed by atoms with E-state index in [1.807, 2.05) is 20.8 Å². The summed E-state index contributed by atoms with van der Waals surface area (Å²) in [5.74, 6) is -3.64. The lowest BCUT2D eigenvalue weighted by Crippen LogP contribution is -2.26. The first-order chi connectivity index (χ1) is 15.5. The number of amides is 1. The molecule has 2 aromatic rings. The molecule has 33 heavy (non-hydrogen) atoms. The molecule has 4 nitrogen and oxygen atoms in total. The van der Waals surface area contributed by atoms with E-state index in [-0.39, 0.29) is 28.6 Å². The number of carboxylic acids is 1. The molecule has 0 aliphatic rings. The first-order valence-corrected chi connectivity index (χ1v) is 11.4. The number of aliphatic carboxylic acids is 1. The monoisotopic (exact) mass is 505 g/mol. The van der Waals surface area contributed by atoms with Crippen LogP contribution in [0, 0.1) is 0 Å². The van der Waals surface area contributed by atoms with Crippen molar-refractivity contribution in [2.24, 2.45) is 0 Å². The summed E-state index contributed by atoms with van der Waals surface area (Å²) in [6.07, 6.45) is -4.68. The molecule has 0 heterocycles. The smallest absolute Gasteiger partial charge is 0.390 e. The molecule has 2 atom stereocenters. The highest BCUT2D eigenvalue weighted by atomic mass is 35.5. The second kappa shape index (κ2) is 13.5. The van der Waals surface area contributed by atoms with Crippen molar-refractivity contribution < 1.29 is 27.9 Å². The van der Waals surface area contributed by atoms with E-state index in [0.717, 1.165) is 6.42 Å². The van der Waals surface area contributed by atoms with Crippen molar-refractivity contribution in [3.05, 3.63) is 63.6 Å². The molecule has 1 amide bonds. The molecule has 0 fully saturated rings. The number of anilines is 1. The molecule has 2 aromatic carbocycles. The fraction of sp³-hybridized carbons (Fsp3) is 0.417. The molecule has 0 spiro atoms. The van der Waals surface area contributed by atoms with Crippen LogP contribution in [0.25, 0.3) is 0 Å². The number of rotatable bonds is 9. The number of alkyl halides is 3. The highest BCUT2D eigenvalue weighted by molar-refractivity contribution is 6.33. The fourth-order valence-electron chi connectivity index (χ4n) is 3.35. The minimum atomic E-state index is -4.57. The van der Waals surface area contributed by atoms with E-state index in [4.69, 9.17) is 28.3 Å². The minimum Gasteiger partial charge on any atom is -0.481 e. The van der Waals surface area contributed by atoms with Crippen LogP contribution in [0.15, 0.2) is 42.5 Å². The van der Waals surface area contributed by atoms with Gasteiger partial charge in [0.15, 0.2) is 0 Å².